The van der Waals surface area contributed by atoms with Gasteiger partial charge in [-0.2, -0.15) is 0 Å². The molecule has 2 atom stereocenters. The first-order valence-corrected chi connectivity index (χ1v) is 11.7. The highest BCUT2D eigenvalue weighted by Gasteiger charge is 2.24. The van der Waals surface area contributed by atoms with Gasteiger partial charge >= 0.3 is 0 Å². The third-order valence-electron chi connectivity index (χ3n) is 5.17. The molecule has 0 bridgehead atoms. The number of hydrogen-bond donors (Lipinski definition) is 1. The molecule has 2 unspecified atom stereocenters. The molecule has 0 saturated carbocycles. The molecule has 1 saturated heterocycles. The first-order chi connectivity index (χ1) is 14.7. The van der Waals surface area contributed by atoms with Gasteiger partial charge in [-0.25, -0.2) is 4.98 Å². The topological polar surface area (TPSA) is 85.7 Å². The van der Waals surface area contributed by atoms with Gasteiger partial charge in [-0.1, -0.05) is 30.0 Å². The molecule has 4 heterocycles. The lowest BCUT2D eigenvalue weighted by Crippen LogP contribution is -2.17. The zero-order valence-corrected chi connectivity index (χ0v) is 18.1. The van der Waals surface area contributed by atoms with E-state index in [9.17, 15) is 4.79 Å². The number of aromatic nitrogens is 5. The molecule has 0 spiro atoms. The van der Waals surface area contributed by atoms with Crippen LogP contribution >= 0.6 is 23.1 Å². The average molecular weight is 440 g/mol. The van der Waals surface area contributed by atoms with Crippen LogP contribution in [0.1, 0.15) is 30.8 Å². The van der Waals surface area contributed by atoms with Crippen molar-refractivity contribution in [1.29, 1.82) is 0 Å². The summed E-state index contributed by atoms with van der Waals surface area (Å²) in [4.78, 5) is 21.1. The normalized spacial score (nSPS) is 17.6. The number of hydrogen-bond acceptors (Lipinski definition) is 7. The number of thiophene rings is 1. The summed E-state index contributed by atoms with van der Waals surface area (Å²) in [5.41, 5.74) is 0.576. The minimum atomic E-state index is -0.122. The second-order valence-corrected chi connectivity index (χ2v) is 9.51. The summed E-state index contributed by atoms with van der Waals surface area (Å²) in [6.07, 6.45) is 2.30. The Labute approximate surface area is 181 Å². The standard InChI is InChI=1S/C21H21N5O2S2/c1-13(18-22-16-8-3-2-7-15(16)20(27)23-18)30-21-25-24-19(17-9-5-11-29-17)26(21)12-14-6-4-10-28-14/h2-3,5,7-9,11,13-14H,4,6,10,12H2,1H3,(H,22,23,27). The Bertz CT molecular complexity index is 1210. The van der Waals surface area contributed by atoms with Crippen molar-refractivity contribution in [3.8, 4) is 10.7 Å². The summed E-state index contributed by atoms with van der Waals surface area (Å²) in [6.45, 7) is 3.55. The molecular formula is C21H21N5O2S2. The van der Waals surface area contributed by atoms with Crippen molar-refractivity contribution >= 4 is 34.0 Å². The molecule has 1 fully saturated rings. The maximum absolute atomic E-state index is 12.5. The maximum Gasteiger partial charge on any atom is 0.258 e. The van der Waals surface area contributed by atoms with Crippen LogP contribution in [0.2, 0.25) is 0 Å². The van der Waals surface area contributed by atoms with E-state index in [0.717, 1.165) is 41.9 Å². The fourth-order valence-corrected chi connectivity index (χ4v) is 5.26. The smallest absolute Gasteiger partial charge is 0.258 e. The number of H-pyrrole nitrogens is 1. The first-order valence-electron chi connectivity index (χ1n) is 9.93. The van der Waals surface area contributed by atoms with Crippen molar-refractivity contribution in [2.45, 2.75) is 42.8 Å². The van der Waals surface area contributed by atoms with Gasteiger partial charge in [0, 0.05) is 6.61 Å². The van der Waals surface area contributed by atoms with Gasteiger partial charge in [-0.3, -0.25) is 9.36 Å². The van der Waals surface area contributed by atoms with E-state index in [-0.39, 0.29) is 16.9 Å². The monoisotopic (exact) mass is 439 g/mol. The van der Waals surface area contributed by atoms with Crippen molar-refractivity contribution in [2.75, 3.05) is 6.61 Å². The van der Waals surface area contributed by atoms with E-state index < -0.39 is 0 Å². The van der Waals surface area contributed by atoms with Gasteiger partial charge in [-0.05, 0) is 43.3 Å². The van der Waals surface area contributed by atoms with Crippen LogP contribution in [0.3, 0.4) is 0 Å². The Balaban J connectivity index is 1.47. The number of thioether (sulfide) groups is 1. The molecule has 3 aromatic heterocycles. The number of aromatic amines is 1. The maximum atomic E-state index is 12.5. The summed E-state index contributed by atoms with van der Waals surface area (Å²) in [5, 5.41) is 12.3. The zero-order valence-electron chi connectivity index (χ0n) is 16.4. The number of rotatable bonds is 6. The summed E-state index contributed by atoms with van der Waals surface area (Å²) in [7, 11) is 0. The predicted octanol–water partition coefficient (Wildman–Crippen LogP) is 4.28. The Kier molecular flexibility index (Phi) is 5.41. The Morgan fingerprint density at radius 3 is 3.00 bits per heavy atom. The molecule has 4 aromatic rings. The molecule has 7 nitrogen and oxygen atoms in total. The van der Waals surface area contributed by atoms with Crippen LogP contribution in [0, 0.1) is 0 Å². The average Bonchev–Trinajstić information content (AvgIpc) is 3.51. The molecule has 1 N–H and O–H groups in total. The minimum Gasteiger partial charge on any atom is -0.376 e. The van der Waals surface area contributed by atoms with E-state index in [2.05, 4.69) is 30.8 Å². The van der Waals surface area contributed by atoms with Crippen LogP contribution in [0.25, 0.3) is 21.6 Å². The van der Waals surface area contributed by atoms with Crippen LogP contribution in [-0.2, 0) is 11.3 Å². The number of nitrogens with zero attached hydrogens (tertiary/aromatic N) is 4. The Morgan fingerprint density at radius 2 is 2.20 bits per heavy atom. The lowest BCUT2D eigenvalue weighted by atomic mass is 10.2. The van der Waals surface area contributed by atoms with Gasteiger partial charge in [0.25, 0.3) is 5.56 Å². The van der Waals surface area contributed by atoms with Gasteiger partial charge in [0.05, 0.1) is 33.7 Å². The van der Waals surface area contributed by atoms with Crippen molar-refractivity contribution in [2.24, 2.45) is 0 Å². The van der Waals surface area contributed by atoms with E-state index in [4.69, 9.17) is 4.74 Å². The number of benzene rings is 1. The van der Waals surface area contributed by atoms with Crippen molar-refractivity contribution in [3.05, 3.63) is 58.0 Å². The van der Waals surface area contributed by atoms with E-state index >= 15 is 0 Å². The number of ether oxygens (including phenoxy) is 1. The second-order valence-electron chi connectivity index (χ2n) is 7.26. The largest absolute Gasteiger partial charge is 0.376 e. The summed E-state index contributed by atoms with van der Waals surface area (Å²) in [6, 6.07) is 11.5. The predicted molar refractivity (Wildman–Crippen MR) is 119 cm³/mol. The molecule has 5 rings (SSSR count). The van der Waals surface area contributed by atoms with Crippen LogP contribution < -0.4 is 5.56 Å². The third kappa shape index (κ3) is 3.80. The highest BCUT2D eigenvalue weighted by atomic mass is 32.2. The van der Waals surface area contributed by atoms with Crippen LogP contribution in [-0.4, -0.2) is 37.4 Å². The van der Waals surface area contributed by atoms with Gasteiger partial charge in [0.15, 0.2) is 11.0 Å². The molecule has 1 aliphatic rings. The van der Waals surface area contributed by atoms with Gasteiger partial charge < -0.3 is 9.72 Å². The number of fused-ring (bicyclic) bond motifs is 1. The lowest BCUT2D eigenvalue weighted by molar-refractivity contribution is 0.0953. The van der Waals surface area contributed by atoms with Gasteiger partial charge in [0.1, 0.15) is 5.82 Å². The van der Waals surface area contributed by atoms with Crippen LogP contribution in [0.4, 0.5) is 0 Å². The summed E-state index contributed by atoms with van der Waals surface area (Å²) in [5.74, 6) is 1.49. The van der Waals surface area contributed by atoms with Crippen molar-refractivity contribution in [3.63, 3.8) is 0 Å². The van der Waals surface area contributed by atoms with E-state index in [0.29, 0.717) is 16.7 Å². The SMILES string of the molecule is CC(Sc1nnc(-c2cccs2)n1CC1CCCO1)c1nc2ccccc2c(=O)[nH]1. The van der Waals surface area contributed by atoms with Gasteiger partial charge in [0.2, 0.25) is 0 Å². The fraction of sp³-hybridized carbons (Fsp3) is 0.333. The fourth-order valence-electron chi connectivity index (χ4n) is 3.63. The minimum absolute atomic E-state index is 0.0917. The molecule has 0 aliphatic carbocycles. The van der Waals surface area contributed by atoms with E-state index in [1.165, 1.54) is 0 Å². The molecule has 1 aliphatic heterocycles. The zero-order chi connectivity index (χ0) is 20.5. The van der Waals surface area contributed by atoms with E-state index in [1.807, 2.05) is 36.6 Å². The highest BCUT2D eigenvalue weighted by molar-refractivity contribution is 7.99. The third-order valence-corrected chi connectivity index (χ3v) is 7.12. The molecular weight excluding hydrogens is 418 g/mol. The summed E-state index contributed by atoms with van der Waals surface area (Å²) >= 11 is 3.19. The van der Waals surface area contributed by atoms with Crippen LogP contribution in [0.5, 0.6) is 0 Å². The van der Waals surface area contributed by atoms with Crippen molar-refractivity contribution < 1.29 is 4.74 Å². The lowest BCUT2D eigenvalue weighted by Gasteiger charge is -2.16. The quantitative estimate of drug-likeness (QED) is 0.452. The van der Waals surface area contributed by atoms with Crippen LogP contribution in [0.15, 0.2) is 51.7 Å². The Morgan fingerprint density at radius 1 is 1.30 bits per heavy atom. The summed E-state index contributed by atoms with van der Waals surface area (Å²) < 4.78 is 8.01. The molecule has 30 heavy (non-hydrogen) atoms. The second kappa shape index (κ2) is 8.33. The van der Waals surface area contributed by atoms with E-state index in [1.54, 1.807) is 29.2 Å². The Hall–Kier alpha value is -2.49. The molecule has 9 heteroatoms. The molecule has 0 radical (unpaired) electrons. The molecule has 0 amide bonds. The number of para-hydroxylation sites is 1. The molecule has 1 aromatic carbocycles. The van der Waals surface area contributed by atoms with Gasteiger partial charge in [-0.15, -0.1) is 21.5 Å². The first kappa shape index (κ1) is 19.5. The van der Waals surface area contributed by atoms with Crippen molar-refractivity contribution in [1.82, 2.24) is 24.7 Å². The molecule has 154 valence electrons. The number of nitrogens with one attached hydrogen (secondary N) is 1. The highest BCUT2D eigenvalue weighted by Crippen LogP contribution is 2.35.